The Morgan fingerprint density at radius 2 is 1.35 bits per heavy atom. The van der Waals surface area contributed by atoms with Crippen LogP contribution >= 0.6 is 0 Å². The summed E-state index contributed by atoms with van der Waals surface area (Å²) in [6, 6.07) is 34.1. The molecule has 174 valence electrons. The van der Waals surface area contributed by atoms with E-state index in [0.717, 1.165) is 45.2 Å². The molecule has 0 spiro atoms. The first-order valence-corrected chi connectivity index (χ1v) is 12.4. The molecule has 0 N–H and O–H groups in total. The van der Waals surface area contributed by atoms with Gasteiger partial charge in [-0.1, -0.05) is 66.7 Å². The van der Waals surface area contributed by atoms with Crippen LogP contribution in [0.1, 0.15) is 5.82 Å². The van der Waals surface area contributed by atoms with Gasteiger partial charge in [-0.25, -0.2) is 4.98 Å². The Bertz CT molecular complexity index is 1960. The first kappa shape index (κ1) is 20.3. The zero-order valence-electron chi connectivity index (χ0n) is 20.1. The van der Waals surface area contributed by atoms with Gasteiger partial charge >= 0.3 is 0 Å². The first-order chi connectivity index (χ1) is 18.3. The number of benzene rings is 5. The van der Waals surface area contributed by atoms with Crippen molar-refractivity contribution < 1.29 is 4.74 Å². The van der Waals surface area contributed by atoms with Crippen molar-refractivity contribution >= 4 is 32.6 Å². The summed E-state index contributed by atoms with van der Waals surface area (Å²) in [5.41, 5.74) is 7.65. The van der Waals surface area contributed by atoms with Gasteiger partial charge in [0.15, 0.2) is 11.5 Å². The minimum Gasteiger partial charge on any atom is -0.453 e. The van der Waals surface area contributed by atoms with Crippen LogP contribution in [0.2, 0.25) is 0 Å². The van der Waals surface area contributed by atoms with E-state index in [9.17, 15) is 0 Å². The molecule has 37 heavy (non-hydrogen) atoms. The summed E-state index contributed by atoms with van der Waals surface area (Å²) < 4.78 is 8.68. The van der Waals surface area contributed by atoms with Crippen LogP contribution in [0.25, 0.3) is 60.5 Å². The predicted octanol–water partition coefficient (Wildman–Crippen LogP) is 8.48. The summed E-state index contributed by atoms with van der Waals surface area (Å²) >= 11 is 0. The molecule has 1 aliphatic heterocycles. The Labute approximate surface area is 213 Å². The third-order valence-electron chi connectivity index (χ3n) is 7.40. The fourth-order valence-corrected chi connectivity index (χ4v) is 5.90. The fraction of sp³-hybridized carbons (Fsp3) is 0.0303. The maximum Gasteiger partial charge on any atom is 0.153 e. The van der Waals surface area contributed by atoms with Crippen LogP contribution < -0.4 is 4.74 Å². The topological polar surface area (TPSA) is 39.9 Å². The maximum atomic E-state index is 6.47. The van der Waals surface area contributed by atoms with Crippen molar-refractivity contribution in [1.29, 1.82) is 0 Å². The van der Waals surface area contributed by atoms with Crippen LogP contribution in [0, 0.1) is 6.92 Å². The third-order valence-corrected chi connectivity index (χ3v) is 7.40. The Morgan fingerprint density at radius 1 is 0.649 bits per heavy atom. The molecular formula is C33H21N3O. The molecule has 7 aromatic rings. The van der Waals surface area contributed by atoms with Crippen molar-refractivity contribution in [1.82, 2.24) is 14.5 Å². The number of nitrogens with zero attached hydrogens (tertiary/aromatic N) is 3. The number of pyridine rings is 1. The molecule has 4 heteroatoms. The van der Waals surface area contributed by atoms with Crippen LogP contribution in [-0.2, 0) is 0 Å². The van der Waals surface area contributed by atoms with Crippen LogP contribution in [0.15, 0.2) is 109 Å². The lowest BCUT2D eigenvalue weighted by Gasteiger charge is -2.22. The average Bonchev–Trinajstić information content (AvgIpc) is 3.29. The largest absolute Gasteiger partial charge is 0.453 e. The number of imidazole rings is 1. The molecule has 0 radical (unpaired) electrons. The minimum absolute atomic E-state index is 0.836. The van der Waals surface area contributed by atoms with Gasteiger partial charge in [0, 0.05) is 18.0 Å². The predicted molar refractivity (Wildman–Crippen MR) is 150 cm³/mol. The van der Waals surface area contributed by atoms with Crippen molar-refractivity contribution in [3.05, 3.63) is 115 Å². The number of aryl methyl sites for hydroxylation is 1. The van der Waals surface area contributed by atoms with Crippen LogP contribution in [0.3, 0.4) is 0 Å². The Kier molecular flexibility index (Phi) is 4.12. The molecule has 0 fully saturated rings. The number of aromatic nitrogens is 3. The van der Waals surface area contributed by atoms with E-state index in [-0.39, 0.29) is 0 Å². The molecule has 0 saturated carbocycles. The van der Waals surface area contributed by atoms with E-state index in [0.29, 0.717) is 0 Å². The van der Waals surface area contributed by atoms with Crippen LogP contribution in [0.5, 0.6) is 11.5 Å². The standard InChI is InChI=1S/C33H21N3O/c1-20-35-27-13-6-14-29-33(27)36(20)28-16-15-21(18-30(28)37-29)31-23-9-2-4-11-25(23)32(22-8-7-17-34-19-22)26-12-5-3-10-24(26)31/h2-19H,1H3. The SMILES string of the molecule is Cc1nc2cccc3c2n1-c1ccc(-c2c4ccccc4c(-c4cccnc4)c4ccccc24)cc1O3. The monoisotopic (exact) mass is 475 g/mol. The summed E-state index contributed by atoms with van der Waals surface area (Å²) in [6.45, 7) is 2.05. The number of fused-ring (bicyclic) bond motifs is 4. The van der Waals surface area contributed by atoms with E-state index in [1.807, 2.05) is 43.6 Å². The van der Waals surface area contributed by atoms with E-state index < -0.39 is 0 Å². The zero-order chi connectivity index (χ0) is 24.5. The zero-order valence-corrected chi connectivity index (χ0v) is 20.1. The van der Waals surface area contributed by atoms with E-state index in [1.54, 1.807) is 0 Å². The highest BCUT2D eigenvalue weighted by atomic mass is 16.5. The van der Waals surface area contributed by atoms with Gasteiger partial charge in [-0.3, -0.25) is 9.55 Å². The second-order valence-electron chi connectivity index (χ2n) is 9.49. The highest BCUT2D eigenvalue weighted by molar-refractivity contribution is 6.21. The Hall–Kier alpha value is -4.96. The fourth-order valence-electron chi connectivity index (χ4n) is 5.90. The average molecular weight is 476 g/mol. The van der Waals surface area contributed by atoms with E-state index >= 15 is 0 Å². The highest BCUT2D eigenvalue weighted by Gasteiger charge is 2.24. The van der Waals surface area contributed by atoms with Crippen molar-refractivity contribution in [2.24, 2.45) is 0 Å². The molecule has 0 aliphatic carbocycles. The maximum absolute atomic E-state index is 6.47. The van der Waals surface area contributed by atoms with Gasteiger partial charge < -0.3 is 4.74 Å². The molecule has 4 nitrogen and oxygen atoms in total. The second-order valence-corrected chi connectivity index (χ2v) is 9.49. The summed E-state index contributed by atoms with van der Waals surface area (Å²) in [4.78, 5) is 9.18. The molecule has 0 atom stereocenters. The molecule has 1 aliphatic rings. The lowest BCUT2D eigenvalue weighted by atomic mass is 9.86. The number of ether oxygens (including phenoxy) is 1. The quantitative estimate of drug-likeness (QED) is 0.235. The summed E-state index contributed by atoms with van der Waals surface area (Å²) in [5, 5.41) is 4.83. The molecule has 0 unspecified atom stereocenters. The lowest BCUT2D eigenvalue weighted by molar-refractivity contribution is 0.475. The summed E-state index contributed by atoms with van der Waals surface area (Å²) in [6.07, 6.45) is 3.77. The smallest absolute Gasteiger partial charge is 0.153 e. The summed E-state index contributed by atoms with van der Waals surface area (Å²) in [5.74, 6) is 2.63. The molecule has 0 bridgehead atoms. The summed E-state index contributed by atoms with van der Waals surface area (Å²) in [7, 11) is 0. The lowest BCUT2D eigenvalue weighted by Crippen LogP contribution is -2.05. The Morgan fingerprint density at radius 3 is 2.03 bits per heavy atom. The number of hydrogen-bond acceptors (Lipinski definition) is 3. The minimum atomic E-state index is 0.836. The molecule has 3 heterocycles. The van der Waals surface area contributed by atoms with Gasteiger partial charge in [-0.05, 0) is 75.5 Å². The number of rotatable bonds is 2. The molecular weight excluding hydrogens is 454 g/mol. The number of hydrogen-bond donors (Lipinski definition) is 0. The van der Waals surface area contributed by atoms with Gasteiger partial charge in [-0.2, -0.15) is 0 Å². The Balaban J connectivity index is 1.44. The normalized spacial score (nSPS) is 12.1. The van der Waals surface area contributed by atoms with Crippen molar-refractivity contribution in [3.63, 3.8) is 0 Å². The molecule has 2 aromatic heterocycles. The van der Waals surface area contributed by atoms with E-state index in [1.165, 1.54) is 32.7 Å². The van der Waals surface area contributed by atoms with Crippen LogP contribution in [0.4, 0.5) is 0 Å². The van der Waals surface area contributed by atoms with Gasteiger partial charge in [0.2, 0.25) is 0 Å². The van der Waals surface area contributed by atoms with E-state index in [2.05, 4.69) is 82.3 Å². The first-order valence-electron chi connectivity index (χ1n) is 12.4. The van der Waals surface area contributed by atoms with Gasteiger partial charge in [0.05, 0.1) is 11.2 Å². The molecule has 8 rings (SSSR count). The van der Waals surface area contributed by atoms with E-state index in [4.69, 9.17) is 9.72 Å². The van der Waals surface area contributed by atoms with Gasteiger partial charge in [-0.15, -0.1) is 0 Å². The molecule has 5 aromatic carbocycles. The van der Waals surface area contributed by atoms with Crippen LogP contribution in [-0.4, -0.2) is 14.5 Å². The number of para-hydroxylation sites is 1. The van der Waals surface area contributed by atoms with Gasteiger partial charge in [0.25, 0.3) is 0 Å². The van der Waals surface area contributed by atoms with Crippen molar-refractivity contribution in [2.45, 2.75) is 6.92 Å². The third kappa shape index (κ3) is 2.84. The second kappa shape index (κ2) is 7.52. The molecule has 0 saturated heterocycles. The highest BCUT2D eigenvalue weighted by Crippen LogP contribution is 2.47. The molecule has 0 amide bonds. The van der Waals surface area contributed by atoms with Crippen molar-refractivity contribution in [2.75, 3.05) is 0 Å². The van der Waals surface area contributed by atoms with Gasteiger partial charge in [0.1, 0.15) is 11.3 Å². The van der Waals surface area contributed by atoms with Crippen molar-refractivity contribution in [3.8, 4) is 39.4 Å².